The lowest BCUT2D eigenvalue weighted by Crippen LogP contribution is -2.60. The lowest BCUT2D eigenvalue weighted by atomic mass is 9.99. The fourth-order valence-corrected chi connectivity index (χ4v) is 3.92. The standard InChI is InChI=1S/C17H20ClN5O4S/c1-17(2,23-8-10(20-21-23)12-4-5-13(18)28-12)6-15(25)22-9-14(24)19-7-11(22)16(26)27-3/h4-5,8,11H,6-7,9H2,1-3H3,(H,19,24). The number of carbonyl (C=O) groups is 3. The second-order valence-corrected chi connectivity index (χ2v) is 8.72. The Kier molecular flexibility index (Phi) is 5.71. The third-order valence-corrected chi connectivity index (χ3v) is 5.75. The number of methoxy groups -OCH3 is 1. The molecule has 3 rings (SSSR count). The smallest absolute Gasteiger partial charge is 0.330 e. The molecule has 11 heteroatoms. The molecule has 0 aliphatic carbocycles. The first kappa shape index (κ1) is 20.3. The van der Waals surface area contributed by atoms with E-state index >= 15 is 0 Å². The Morgan fingerprint density at radius 2 is 2.18 bits per heavy atom. The van der Waals surface area contributed by atoms with Gasteiger partial charge in [-0.15, -0.1) is 16.4 Å². The van der Waals surface area contributed by atoms with Crippen LogP contribution in [-0.2, 0) is 24.7 Å². The zero-order valence-corrected chi connectivity index (χ0v) is 17.2. The molecule has 0 spiro atoms. The number of hydrogen-bond donors (Lipinski definition) is 1. The fraction of sp³-hybridized carbons (Fsp3) is 0.471. The molecule has 2 aromatic rings. The van der Waals surface area contributed by atoms with Crippen molar-refractivity contribution < 1.29 is 19.1 Å². The average Bonchev–Trinajstić information content (AvgIpc) is 3.30. The van der Waals surface area contributed by atoms with Crippen molar-refractivity contribution in [1.82, 2.24) is 25.2 Å². The van der Waals surface area contributed by atoms with Crippen molar-refractivity contribution >= 4 is 40.7 Å². The number of nitrogens with zero attached hydrogens (tertiary/aromatic N) is 4. The first-order chi connectivity index (χ1) is 13.2. The lowest BCUT2D eigenvalue weighted by molar-refractivity contribution is -0.157. The van der Waals surface area contributed by atoms with Crippen molar-refractivity contribution in [2.45, 2.75) is 31.8 Å². The van der Waals surface area contributed by atoms with Crippen LogP contribution >= 0.6 is 22.9 Å². The lowest BCUT2D eigenvalue weighted by Gasteiger charge is -2.35. The molecular formula is C17H20ClN5O4S. The van der Waals surface area contributed by atoms with E-state index in [1.54, 1.807) is 16.9 Å². The predicted octanol–water partition coefficient (Wildman–Crippen LogP) is 1.29. The molecule has 0 saturated carbocycles. The van der Waals surface area contributed by atoms with Gasteiger partial charge in [0.1, 0.15) is 18.3 Å². The number of nitrogens with one attached hydrogen (secondary N) is 1. The Bertz CT molecular complexity index is 909. The number of amides is 2. The molecule has 1 unspecified atom stereocenters. The highest BCUT2D eigenvalue weighted by Crippen LogP contribution is 2.31. The number of halogens is 1. The zero-order valence-electron chi connectivity index (χ0n) is 15.6. The summed E-state index contributed by atoms with van der Waals surface area (Å²) in [5.74, 6) is -1.22. The first-order valence-electron chi connectivity index (χ1n) is 8.54. The van der Waals surface area contributed by atoms with E-state index in [9.17, 15) is 14.4 Å². The number of aromatic nitrogens is 3. The van der Waals surface area contributed by atoms with Crippen LogP contribution in [0.1, 0.15) is 20.3 Å². The van der Waals surface area contributed by atoms with Crippen LogP contribution in [0.25, 0.3) is 10.6 Å². The van der Waals surface area contributed by atoms with Crippen molar-refractivity contribution in [3.8, 4) is 10.6 Å². The molecule has 9 nitrogen and oxygen atoms in total. The molecule has 3 heterocycles. The number of esters is 1. The van der Waals surface area contributed by atoms with Crippen LogP contribution in [0.4, 0.5) is 0 Å². The van der Waals surface area contributed by atoms with Crippen LogP contribution in [0.3, 0.4) is 0 Å². The summed E-state index contributed by atoms with van der Waals surface area (Å²) >= 11 is 7.35. The summed E-state index contributed by atoms with van der Waals surface area (Å²) in [5.41, 5.74) is -0.0694. The van der Waals surface area contributed by atoms with Crippen LogP contribution in [0, 0.1) is 0 Å². The number of ether oxygens (including phenoxy) is 1. The summed E-state index contributed by atoms with van der Waals surface area (Å²) in [6.45, 7) is 3.51. The summed E-state index contributed by atoms with van der Waals surface area (Å²) in [7, 11) is 1.25. The minimum absolute atomic E-state index is 0.0295. The summed E-state index contributed by atoms with van der Waals surface area (Å²) in [6, 6.07) is 2.79. The van der Waals surface area contributed by atoms with E-state index in [2.05, 4.69) is 15.6 Å². The molecule has 1 aliphatic rings. The SMILES string of the molecule is COC(=O)C1CNC(=O)CN1C(=O)CC(C)(C)n1cc(-c2ccc(Cl)s2)nn1. The van der Waals surface area contributed by atoms with Gasteiger partial charge in [0.25, 0.3) is 0 Å². The number of rotatable bonds is 5. The van der Waals surface area contributed by atoms with Gasteiger partial charge < -0.3 is 15.0 Å². The molecular weight excluding hydrogens is 406 g/mol. The fourth-order valence-electron chi connectivity index (χ4n) is 2.93. The average molecular weight is 426 g/mol. The Morgan fingerprint density at radius 3 is 2.82 bits per heavy atom. The zero-order chi connectivity index (χ0) is 20.5. The summed E-state index contributed by atoms with van der Waals surface area (Å²) < 4.78 is 7.00. The second kappa shape index (κ2) is 7.88. The minimum Gasteiger partial charge on any atom is -0.467 e. The third-order valence-electron chi connectivity index (χ3n) is 4.50. The molecule has 1 aliphatic heterocycles. The quantitative estimate of drug-likeness (QED) is 0.723. The van der Waals surface area contributed by atoms with Gasteiger partial charge in [0.2, 0.25) is 11.8 Å². The van der Waals surface area contributed by atoms with Crippen LogP contribution in [0.2, 0.25) is 4.34 Å². The molecule has 1 N–H and O–H groups in total. The molecule has 0 radical (unpaired) electrons. The summed E-state index contributed by atoms with van der Waals surface area (Å²) in [6.07, 6.45) is 1.78. The van der Waals surface area contributed by atoms with E-state index in [0.29, 0.717) is 10.0 Å². The number of hydrogen-bond acceptors (Lipinski definition) is 7. The van der Waals surface area contributed by atoms with Crippen LogP contribution in [0.5, 0.6) is 0 Å². The second-order valence-electron chi connectivity index (χ2n) is 7.01. The maximum atomic E-state index is 12.9. The van der Waals surface area contributed by atoms with Gasteiger partial charge in [-0.2, -0.15) is 0 Å². The molecule has 1 atom stereocenters. The number of carbonyl (C=O) groups excluding carboxylic acids is 3. The van der Waals surface area contributed by atoms with Gasteiger partial charge in [-0.1, -0.05) is 16.8 Å². The molecule has 2 aromatic heterocycles. The Morgan fingerprint density at radius 1 is 1.43 bits per heavy atom. The Labute approximate surface area is 170 Å². The molecule has 0 bridgehead atoms. The molecule has 1 saturated heterocycles. The van der Waals surface area contributed by atoms with E-state index in [-0.39, 0.29) is 31.3 Å². The molecule has 2 amide bonds. The highest BCUT2D eigenvalue weighted by atomic mass is 35.5. The largest absolute Gasteiger partial charge is 0.467 e. The van der Waals surface area contributed by atoms with Gasteiger partial charge in [0.15, 0.2) is 0 Å². The molecule has 150 valence electrons. The van der Waals surface area contributed by atoms with Gasteiger partial charge in [-0.05, 0) is 26.0 Å². The Balaban J connectivity index is 1.77. The highest BCUT2D eigenvalue weighted by Gasteiger charge is 2.38. The van der Waals surface area contributed by atoms with Crippen LogP contribution in [-0.4, -0.2) is 63.9 Å². The van der Waals surface area contributed by atoms with Gasteiger partial charge in [-0.3, -0.25) is 9.59 Å². The minimum atomic E-state index is -0.842. The number of piperazine rings is 1. The van der Waals surface area contributed by atoms with E-state index < -0.39 is 17.6 Å². The van der Waals surface area contributed by atoms with Gasteiger partial charge >= 0.3 is 5.97 Å². The monoisotopic (exact) mass is 425 g/mol. The summed E-state index contributed by atoms with van der Waals surface area (Å²) in [4.78, 5) is 38.7. The van der Waals surface area contributed by atoms with Crippen molar-refractivity contribution in [3.05, 3.63) is 22.7 Å². The first-order valence-corrected chi connectivity index (χ1v) is 9.73. The highest BCUT2D eigenvalue weighted by molar-refractivity contribution is 7.19. The van der Waals surface area contributed by atoms with E-state index in [1.807, 2.05) is 19.9 Å². The van der Waals surface area contributed by atoms with E-state index in [1.165, 1.54) is 23.3 Å². The number of thiophene rings is 1. The van der Waals surface area contributed by atoms with Crippen molar-refractivity contribution in [3.63, 3.8) is 0 Å². The van der Waals surface area contributed by atoms with Crippen LogP contribution < -0.4 is 5.32 Å². The van der Waals surface area contributed by atoms with Crippen molar-refractivity contribution in [2.75, 3.05) is 20.2 Å². The molecule has 0 aromatic carbocycles. The topological polar surface area (TPSA) is 106 Å². The maximum Gasteiger partial charge on any atom is 0.330 e. The van der Waals surface area contributed by atoms with E-state index in [4.69, 9.17) is 16.3 Å². The predicted molar refractivity (Wildman–Crippen MR) is 103 cm³/mol. The van der Waals surface area contributed by atoms with Crippen molar-refractivity contribution in [1.29, 1.82) is 0 Å². The maximum absolute atomic E-state index is 12.9. The third kappa shape index (κ3) is 4.17. The Hall–Kier alpha value is -2.46. The van der Waals surface area contributed by atoms with Crippen LogP contribution in [0.15, 0.2) is 18.3 Å². The van der Waals surface area contributed by atoms with Crippen molar-refractivity contribution in [2.24, 2.45) is 0 Å². The summed E-state index contributed by atoms with van der Waals surface area (Å²) in [5, 5.41) is 10.9. The normalized spacial score (nSPS) is 17.4. The van der Waals surface area contributed by atoms with Gasteiger partial charge in [-0.25, -0.2) is 9.48 Å². The molecule has 1 fully saturated rings. The van der Waals surface area contributed by atoms with Gasteiger partial charge in [0.05, 0.1) is 34.5 Å². The molecule has 28 heavy (non-hydrogen) atoms. The van der Waals surface area contributed by atoms with Gasteiger partial charge in [0, 0.05) is 6.54 Å². The van der Waals surface area contributed by atoms with E-state index in [0.717, 1.165) is 4.88 Å².